The van der Waals surface area contributed by atoms with Crippen LogP contribution in [0.25, 0.3) is 0 Å². The van der Waals surface area contributed by atoms with Gasteiger partial charge in [-0.1, -0.05) is 41.9 Å². The molecule has 0 radical (unpaired) electrons. The van der Waals surface area contributed by atoms with Crippen molar-refractivity contribution >= 4 is 17.6 Å². The van der Waals surface area contributed by atoms with Gasteiger partial charge in [0.25, 0.3) is 0 Å². The summed E-state index contributed by atoms with van der Waals surface area (Å²) in [6.07, 6.45) is 4.49. The van der Waals surface area contributed by atoms with Gasteiger partial charge in [0.15, 0.2) is 6.61 Å². The molecule has 1 aromatic heterocycles. The number of aromatic nitrogens is 1. The van der Waals surface area contributed by atoms with E-state index in [1.54, 1.807) is 12.3 Å². The average molecular weight is 427 g/mol. The number of aliphatic carboxylic acids is 1. The molecule has 1 fully saturated rings. The minimum absolute atomic E-state index is 0.0940. The van der Waals surface area contributed by atoms with Crippen LogP contribution in [-0.2, 0) is 17.8 Å². The first kappa shape index (κ1) is 20.4. The normalized spacial score (nSPS) is 16.6. The smallest absolute Gasteiger partial charge is 0.341 e. The van der Waals surface area contributed by atoms with Gasteiger partial charge in [-0.15, -0.1) is 0 Å². The zero-order valence-corrected chi connectivity index (χ0v) is 17.2. The summed E-state index contributed by atoms with van der Waals surface area (Å²) in [5, 5.41) is 9.61. The van der Waals surface area contributed by atoms with E-state index >= 15 is 0 Å². The zero-order chi connectivity index (χ0) is 20.9. The highest BCUT2D eigenvalue weighted by Gasteiger charge is 2.30. The molecule has 1 N–H and O–H groups in total. The van der Waals surface area contributed by atoms with Gasteiger partial charge in [0.1, 0.15) is 11.5 Å². The number of carboxylic acid groups (broad SMARTS) is 1. The van der Waals surface area contributed by atoms with E-state index in [0.29, 0.717) is 23.7 Å². The Morgan fingerprint density at radius 3 is 2.83 bits per heavy atom. The molecule has 0 bridgehead atoms. The SMILES string of the molecule is O=C(O)COc1ccccc1CN1CCC[C@@H]1c1ncc(Cc2ccc(Cl)cc2)o1. The maximum absolute atomic E-state index is 10.9. The predicted octanol–water partition coefficient (Wildman–Crippen LogP) is 4.72. The van der Waals surface area contributed by atoms with E-state index in [4.69, 9.17) is 25.9 Å². The number of carboxylic acids is 1. The quantitative estimate of drug-likeness (QED) is 0.561. The van der Waals surface area contributed by atoms with Crippen LogP contribution in [0.4, 0.5) is 0 Å². The van der Waals surface area contributed by atoms with Crippen LogP contribution in [0.1, 0.15) is 41.7 Å². The first-order valence-electron chi connectivity index (χ1n) is 9.94. The number of para-hydroxylation sites is 1. The molecule has 156 valence electrons. The van der Waals surface area contributed by atoms with E-state index in [2.05, 4.69) is 9.88 Å². The van der Waals surface area contributed by atoms with E-state index in [0.717, 1.165) is 42.2 Å². The molecule has 6 nitrogen and oxygen atoms in total. The molecule has 0 amide bonds. The third-order valence-electron chi connectivity index (χ3n) is 5.21. The highest BCUT2D eigenvalue weighted by molar-refractivity contribution is 6.30. The number of hydrogen-bond acceptors (Lipinski definition) is 5. The number of ether oxygens (including phenoxy) is 1. The van der Waals surface area contributed by atoms with Gasteiger partial charge in [0.2, 0.25) is 5.89 Å². The lowest BCUT2D eigenvalue weighted by atomic mass is 10.1. The van der Waals surface area contributed by atoms with Gasteiger partial charge < -0.3 is 14.3 Å². The summed E-state index contributed by atoms with van der Waals surface area (Å²) < 4.78 is 11.5. The standard InChI is InChI=1S/C23H23ClN2O4/c24-18-9-7-16(8-10-18)12-19-13-25-23(30-19)20-5-3-11-26(20)14-17-4-1-2-6-21(17)29-15-22(27)28/h1-2,4,6-10,13,20H,3,5,11-12,14-15H2,(H,27,28)/t20-/m1/s1. The molecule has 0 aliphatic carbocycles. The fourth-order valence-corrected chi connectivity index (χ4v) is 3.92. The van der Waals surface area contributed by atoms with Crippen molar-refractivity contribution in [3.8, 4) is 5.75 Å². The molecule has 2 aromatic carbocycles. The van der Waals surface area contributed by atoms with Gasteiger partial charge in [-0.3, -0.25) is 4.90 Å². The number of benzene rings is 2. The number of carbonyl (C=O) groups is 1. The van der Waals surface area contributed by atoms with Crippen molar-refractivity contribution in [2.24, 2.45) is 0 Å². The predicted molar refractivity (Wildman–Crippen MR) is 113 cm³/mol. The third-order valence-corrected chi connectivity index (χ3v) is 5.46. The van der Waals surface area contributed by atoms with Crippen molar-refractivity contribution < 1.29 is 19.1 Å². The Balaban J connectivity index is 1.45. The Kier molecular flexibility index (Phi) is 6.35. The third kappa shape index (κ3) is 5.01. The summed E-state index contributed by atoms with van der Waals surface area (Å²) in [6, 6.07) is 15.4. The van der Waals surface area contributed by atoms with Crippen molar-refractivity contribution in [3.05, 3.63) is 82.5 Å². The molecule has 1 aliphatic rings. The van der Waals surface area contributed by atoms with Crippen LogP contribution < -0.4 is 4.74 Å². The Morgan fingerprint density at radius 1 is 1.23 bits per heavy atom. The van der Waals surface area contributed by atoms with E-state index in [1.165, 1.54) is 0 Å². The van der Waals surface area contributed by atoms with Crippen LogP contribution in [0.2, 0.25) is 5.02 Å². The van der Waals surface area contributed by atoms with Crippen molar-refractivity contribution in [2.45, 2.75) is 31.8 Å². The molecule has 2 heterocycles. The van der Waals surface area contributed by atoms with Crippen LogP contribution in [0.15, 0.2) is 59.1 Å². The topological polar surface area (TPSA) is 75.8 Å². The first-order valence-corrected chi connectivity index (χ1v) is 10.3. The van der Waals surface area contributed by atoms with Crippen LogP contribution in [0, 0.1) is 0 Å². The highest BCUT2D eigenvalue weighted by Crippen LogP contribution is 2.34. The largest absolute Gasteiger partial charge is 0.482 e. The summed E-state index contributed by atoms with van der Waals surface area (Å²) in [4.78, 5) is 17.7. The molecule has 30 heavy (non-hydrogen) atoms. The molecule has 1 aliphatic heterocycles. The summed E-state index contributed by atoms with van der Waals surface area (Å²) >= 11 is 5.95. The molecule has 3 aromatic rings. The molecular weight excluding hydrogens is 404 g/mol. The minimum Gasteiger partial charge on any atom is -0.482 e. The lowest BCUT2D eigenvalue weighted by Crippen LogP contribution is -2.23. The molecule has 4 rings (SSSR count). The van der Waals surface area contributed by atoms with E-state index < -0.39 is 5.97 Å². The van der Waals surface area contributed by atoms with Gasteiger partial charge in [-0.05, 0) is 43.1 Å². The Labute approximate surface area is 180 Å². The number of hydrogen-bond donors (Lipinski definition) is 1. The van der Waals surface area contributed by atoms with Crippen LogP contribution in [0.5, 0.6) is 5.75 Å². The summed E-state index contributed by atoms with van der Waals surface area (Å²) in [5.41, 5.74) is 2.08. The molecule has 7 heteroatoms. The maximum atomic E-state index is 10.9. The number of oxazole rings is 1. The second kappa shape index (κ2) is 9.32. The van der Waals surface area contributed by atoms with Crippen molar-refractivity contribution in [2.75, 3.05) is 13.2 Å². The van der Waals surface area contributed by atoms with E-state index in [1.807, 2.05) is 42.5 Å². The first-order chi connectivity index (χ1) is 14.6. The van der Waals surface area contributed by atoms with Gasteiger partial charge in [0.05, 0.1) is 12.2 Å². The number of nitrogens with zero attached hydrogens (tertiary/aromatic N) is 2. The second-order valence-electron chi connectivity index (χ2n) is 7.39. The summed E-state index contributed by atoms with van der Waals surface area (Å²) in [6.45, 7) is 1.22. The van der Waals surface area contributed by atoms with Crippen LogP contribution >= 0.6 is 11.6 Å². The van der Waals surface area contributed by atoms with E-state index in [9.17, 15) is 4.79 Å². The van der Waals surface area contributed by atoms with Crippen molar-refractivity contribution in [1.82, 2.24) is 9.88 Å². The second-order valence-corrected chi connectivity index (χ2v) is 7.82. The van der Waals surface area contributed by atoms with Gasteiger partial charge in [-0.2, -0.15) is 0 Å². The molecule has 0 saturated carbocycles. The summed E-state index contributed by atoms with van der Waals surface area (Å²) in [5.74, 6) is 1.16. The number of likely N-dealkylation sites (tertiary alicyclic amines) is 1. The Morgan fingerprint density at radius 2 is 2.03 bits per heavy atom. The van der Waals surface area contributed by atoms with Crippen molar-refractivity contribution in [3.63, 3.8) is 0 Å². The lowest BCUT2D eigenvalue weighted by molar-refractivity contribution is -0.139. The Bertz CT molecular complexity index is 1000. The highest BCUT2D eigenvalue weighted by atomic mass is 35.5. The zero-order valence-electron chi connectivity index (χ0n) is 16.5. The minimum atomic E-state index is -0.989. The molecular formula is C23H23ClN2O4. The van der Waals surface area contributed by atoms with Gasteiger partial charge >= 0.3 is 5.97 Å². The monoisotopic (exact) mass is 426 g/mol. The maximum Gasteiger partial charge on any atom is 0.341 e. The fraction of sp³-hybridized carbons (Fsp3) is 0.304. The number of halogens is 1. The molecule has 1 atom stereocenters. The lowest BCUT2D eigenvalue weighted by Gasteiger charge is -2.23. The van der Waals surface area contributed by atoms with Crippen LogP contribution in [0.3, 0.4) is 0 Å². The summed E-state index contributed by atoms with van der Waals surface area (Å²) in [7, 11) is 0. The number of rotatable bonds is 8. The molecule has 0 spiro atoms. The van der Waals surface area contributed by atoms with Crippen LogP contribution in [-0.4, -0.2) is 34.1 Å². The Hall–Kier alpha value is -2.83. The fourth-order valence-electron chi connectivity index (χ4n) is 3.79. The van der Waals surface area contributed by atoms with Gasteiger partial charge in [0, 0.05) is 23.6 Å². The molecule has 1 saturated heterocycles. The van der Waals surface area contributed by atoms with Crippen molar-refractivity contribution in [1.29, 1.82) is 0 Å². The van der Waals surface area contributed by atoms with Gasteiger partial charge in [-0.25, -0.2) is 9.78 Å². The molecule has 0 unspecified atom stereocenters. The average Bonchev–Trinajstić information content (AvgIpc) is 3.38. The van der Waals surface area contributed by atoms with E-state index in [-0.39, 0.29) is 12.6 Å².